The van der Waals surface area contributed by atoms with E-state index in [1.807, 2.05) is 50.2 Å². The van der Waals surface area contributed by atoms with Gasteiger partial charge < -0.3 is 14.9 Å². The van der Waals surface area contributed by atoms with Crippen molar-refractivity contribution in [2.24, 2.45) is 0 Å². The zero-order valence-electron chi connectivity index (χ0n) is 19.8. The van der Waals surface area contributed by atoms with Gasteiger partial charge in [0.1, 0.15) is 23.7 Å². The average molecular weight is 459 g/mol. The average Bonchev–Trinajstić information content (AvgIpc) is 3.22. The lowest BCUT2D eigenvalue weighted by Gasteiger charge is -2.16. The number of hydrogen-bond donors (Lipinski definition) is 2. The molecule has 1 heterocycles. The molecule has 0 saturated carbocycles. The Kier molecular flexibility index (Phi) is 6.98. The molecule has 1 aromatic heterocycles. The van der Waals surface area contributed by atoms with Crippen LogP contribution >= 0.6 is 0 Å². The Labute approximate surface area is 199 Å². The fourth-order valence-electron chi connectivity index (χ4n) is 4.37. The molecule has 0 aliphatic carbocycles. The van der Waals surface area contributed by atoms with Crippen LogP contribution < -0.4 is 4.74 Å². The van der Waals surface area contributed by atoms with Gasteiger partial charge in [0.05, 0.1) is 17.7 Å². The number of imidazole rings is 1. The molecule has 3 aromatic carbocycles. The highest BCUT2D eigenvalue weighted by molar-refractivity contribution is 5.96. The zero-order chi connectivity index (χ0) is 24.2. The summed E-state index contributed by atoms with van der Waals surface area (Å²) in [5, 5.41) is 19.0. The minimum Gasteiger partial charge on any atom is -0.489 e. The van der Waals surface area contributed by atoms with Crippen LogP contribution in [0.15, 0.2) is 54.6 Å². The summed E-state index contributed by atoms with van der Waals surface area (Å²) in [5.74, 6) is 0.698. The second-order valence-electron chi connectivity index (χ2n) is 8.47. The molecule has 0 unspecified atom stereocenters. The first-order valence-corrected chi connectivity index (χ1v) is 11.6. The predicted molar refractivity (Wildman–Crippen MR) is 134 cm³/mol. The summed E-state index contributed by atoms with van der Waals surface area (Å²) in [4.78, 5) is 16.7. The first kappa shape index (κ1) is 23.5. The molecular weight excluding hydrogens is 428 g/mol. The maximum atomic E-state index is 11.8. The molecule has 0 aliphatic heterocycles. The molecule has 2 N–H and O–H groups in total. The van der Waals surface area contributed by atoms with Crippen molar-refractivity contribution in [2.45, 2.75) is 40.0 Å². The third-order valence-corrected chi connectivity index (χ3v) is 6.06. The Morgan fingerprint density at radius 1 is 1.03 bits per heavy atom. The van der Waals surface area contributed by atoms with Gasteiger partial charge in [-0.05, 0) is 66.8 Å². The number of aromatic carboxylic acids is 1. The molecule has 4 rings (SSSR count). The van der Waals surface area contributed by atoms with E-state index >= 15 is 0 Å². The van der Waals surface area contributed by atoms with Crippen LogP contribution in [0.25, 0.3) is 27.8 Å². The van der Waals surface area contributed by atoms with Gasteiger partial charge in [-0.15, -0.1) is 0 Å². The minimum atomic E-state index is -0.942. The van der Waals surface area contributed by atoms with E-state index in [4.69, 9.17) is 9.72 Å². The Hall–Kier alpha value is -3.64. The summed E-state index contributed by atoms with van der Waals surface area (Å²) < 4.78 is 8.04. The number of aryl methyl sites for hydroxylation is 3. The highest BCUT2D eigenvalue weighted by Crippen LogP contribution is 2.35. The zero-order valence-corrected chi connectivity index (χ0v) is 19.8. The molecule has 0 radical (unpaired) electrons. The summed E-state index contributed by atoms with van der Waals surface area (Å²) in [6, 6.07) is 17.1. The lowest BCUT2D eigenvalue weighted by Crippen LogP contribution is -2.06. The predicted octanol–water partition coefficient (Wildman–Crippen LogP) is 5.72. The Morgan fingerprint density at radius 3 is 2.53 bits per heavy atom. The molecule has 0 aliphatic rings. The third-order valence-electron chi connectivity index (χ3n) is 6.06. The summed E-state index contributed by atoms with van der Waals surface area (Å²) >= 11 is 0. The number of hydrogen-bond acceptors (Lipinski definition) is 4. The van der Waals surface area contributed by atoms with E-state index in [0.29, 0.717) is 11.3 Å². The standard InChI is InChI=1S/C28H30N2O4/c1-4-5-10-25-29-26-18(2)11-14-24(34-16-15-31)27(26)30(25)20-12-13-21(19(3)17-20)22-8-6-7-9-23(22)28(32)33/h6-9,11-14,17,31H,4-5,10,15-16H2,1-3H3,(H,32,33). The van der Waals surface area contributed by atoms with E-state index in [1.54, 1.807) is 12.1 Å². The Morgan fingerprint density at radius 2 is 1.82 bits per heavy atom. The van der Waals surface area contributed by atoms with Crippen LogP contribution in [0.2, 0.25) is 0 Å². The van der Waals surface area contributed by atoms with Crippen molar-refractivity contribution in [3.8, 4) is 22.6 Å². The van der Waals surface area contributed by atoms with Gasteiger partial charge in [-0.1, -0.05) is 43.7 Å². The summed E-state index contributed by atoms with van der Waals surface area (Å²) in [6.07, 6.45) is 2.89. The van der Waals surface area contributed by atoms with Crippen molar-refractivity contribution >= 4 is 17.0 Å². The fraction of sp³-hybridized carbons (Fsp3) is 0.286. The third kappa shape index (κ3) is 4.41. The number of aliphatic hydroxyl groups is 1. The van der Waals surface area contributed by atoms with E-state index in [1.165, 1.54) is 0 Å². The second-order valence-corrected chi connectivity index (χ2v) is 8.47. The van der Waals surface area contributed by atoms with E-state index in [0.717, 1.165) is 58.5 Å². The number of nitrogens with zero attached hydrogens (tertiary/aromatic N) is 2. The molecule has 0 spiro atoms. The monoisotopic (exact) mass is 458 g/mol. The van der Waals surface area contributed by atoms with Crippen LogP contribution in [-0.4, -0.2) is 38.9 Å². The number of ether oxygens (including phenoxy) is 1. The van der Waals surface area contributed by atoms with E-state index < -0.39 is 5.97 Å². The molecule has 0 atom stereocenters. The van der Waals surface area contributed by atoms with Crippen molar-refractivity contribution in [1.82, 2.24) is 9.55 Å². The van der Waals surface area contributed by atoms with Crippen molar-refractivity contribution in [3.63, 3.8) is 0 Å². The van der Waals surface area contributed by atoms with Crippen LogP contribution in [0.3, 0.4) is 0 Å². The molecular formula is C28H30N2O4. The first-order valence-electron chi connectivity index (χ1n) is 11.6. The summed E-state index contributed by atoms with van der Waals surface area (Å²) in [7, 11) is 0. The number of carboxylic acids is 1. The van der Waals surface area contributed by atoms with Gasteiger partial charge in [0.2, 0.25) is 0 Å². The molecule has 0 fully saturated rings. The van der Waals surface area contributed by atoms with Gasteiger partial charge in [0.15, 0.2) is 0 Å². The van der Waals surface area contributed by atoms with Gasteiger partial charge in [0.25, 0.3) is 0 Å². The number of carbonyl (C=O) groups is 1. The van der Waals surface area contributed by atoms with Gasteiger partial charge in [0, 0.05) is 12.1 Å². The number of carboxylic acid groups (broad SMARTS) is 1. The molecule has 0 bridgehead atoms. The van der Waals surface area contributed by atoms with Crippen LogP contribution in [0.1, 0.15) is 47.1 Å². The van der Waals surface area contributed by atoms with Crippen LogP contribution in [0.5, 0.6) is 5.75 Å². The second kappa shape index (κ2) is 10.1. The van der Waals surface area contributed by atoms with E-state index in [9.17, 15) is 15.0 Å². The number of fused-ring (bicyclic) bond motifs is 1. The fourth-order valence-corrected chi connectivity index (χ4v) is 4.37. The lowest BCUT2D eigenvalue weighted by molar-refractivity contribution is 0.0697. The highest BCUT2D eigenvalue weighted by atomic mass is 16.5. The molecule has 6 heteroatoms. The molecule has 0 saturated heterocycles. The minimum absolute atomic E-state index is 0.0665. The Balaban J connectivity index is 1.91. The molecule has 0 amide bonds. The SMILES string of the molecule is CCCCc1nc2c(C)ccc(OCCO)c2n1-c1ccc(-c2ccccc2C(=O)O)c(C)c1. The molecule has 34 heavy (non-hydrogen) atoms. The topological polar surface area (TPSA) is 84.6 Å². The smallest absolute Gasteiger partial charge is 0.336 e. The largest absolute Gasteiger partial charge is 0.489 e. The number of aliphatic hydroxyl groups excluding tert-OH is 1. The first-order chi connectivity index (χ1) is 16.5. The number of rotatable bonds is 9. The summed E-state index contributed by atoms with van der Waals surface area (Å²) in [6.45, 7) is 6.33. The molecule has 6 nitrogen and oxygen atoms in total. The van der Waals surface area contributed by atoms with Gasteiger partial charge >= 0.3 is 5.97 Å². The van der Waals surface area contributed by atoms with Crippen molar-refractivity contribution < 1.29 is 19.7 Å². The summed E-state index contributed by atoms with van der Waals surface area (Å²) in [5.41, 5.74) is 6.62. The maximum absolute atomic E-state index is 11.8. The number of benzene rings is 3. The molecule has 4 aromatic rings. The van der Waals surface area contributed by atoms with E-state index in [2.05, 4.69) is 17.6 Å². The van der Waals surface area contributed by atoms with Gasteiger partial charge in [-0.3, -0.25) is 4.57 Å². The van der Waals surface area contributed by atoms with Crippen molar-refractivity contribution in [2.75, 3.05) is 13.2 Å². The number of aromatic nitrogens is 2. The van der Waals surface area contributed by atoms with Crippen molar-refractivity contribution in [1.29, 1.82) is 0 Å². The van der Waals surface area contributed by atoms with Crippen LogP contribution in [-0.2, 0) is 6.42 Å². The number of unbranched alkanes of at least 4 members (excludes halogenated alkanes) is 1. The van der Waals surface area contributed by atoms with E-state index in [-0.39, 0.29) is 18.8 Å². The van der Waals surface area contributed by atoms with Gasteiger partial charge in [-0.2, -0.15) is 0 Å². The molecule has 176 valence electrons. The normalized spacial score (nSPS) is 11.2. The van der Waals surface area contributed by atoms with Crippen LogP contribution in [0.4, 0.5) is 0 Å². The van der Waals surface area contributed by atoms with Gasteiger partial charge in [-0.25, -0.2) is 9.78 Å². The lowest BCUT2D eigenvalue weighted by atomic mass is 9.95. The quantitative estimate of drug-likeness (QED) is 0.335. The Bertz CT molecular complexity index is 1340. The van der Waals surface area contributed by atoms with Crippen molar-refractivity contribution in [3.05, 3.63) is 77.1 Å². The highest BCUT2D eigenvalue weighted by Gasteiger charge is 2.20. The maximum Gasteiger partial charge on any atom is 0.336 e. The van der Waals surface area contributed by atoms with Crippen LogP contribution in [0, 0.1) is 13.8 Å².